The number of nitrogens with one attached hydrogen (secondary N) is 1. The van der Waals surface area contributed by atoms with E-state index in [0.29, 0.717) is 11.4 Å². The first kappa shape index (κ1) is 13.5. The number of hydrogen-bond donors (Lipinski definition) is 1. The lowest BCUT2D eigenvalue weighted by Crippen LogP contribution is -2.17. The summed E-state index contributed by atoms with van der Waals surface area (Å²) in [5.41, 5.74) is 2.37. The Hall–Kier alpha value is -1.59. The number of rotatable bonds is 5. The quantitative estimate of drug-likeness (QED) is 0.386. The average Bonchev–Trinajstić information content (AvgIpc) is 2.29. The van der Waals surface area contributed by atoms with Crippen molar-refractivity contribution in [2.45, 2.75) is 0 Å². The van der Waals surface area contributed by atoms with Crippen molar-refractivity contribution < 1.29 is 14.3 Å². The molecule has 0 saturated carbocycles. The highest BCUT2D eigenvalue weighted by molar-refractivity contribution is 7.01. The number of ether oxygens (including phenoxy) is 1. The molecule has 1 rings (SSSR count). The Morgan fingerprint density at radius 2 is 1.82 bits per heavy atom. The fourth-order valence-electron chi connectivity index (χ4n) is 1.02. The molecule has 7 heteroatoms. The van der Waals surface area contributed by atoms with Gasteiger partial charge in [0, 0.05) is 0 Å². The van der Waals surface area contributed by atoms with Crippen molar-refractivity contribution in [3.63, 3.8) is 0 Å². The first-order valence-electron chi connectivity index (χ1n) is 4.42. The zero-order chi connectivity index (χ0) is 12.8. The van der Waals surface area contributed by atoms with E-state index in [1.54, 1.807) is 24.3 Å². The molecule has 0 atom stereocenters. The molecule has 0 radical (unpaired) electrons. The maximum atomic E-state index is 10.8. The zero-order valence-electron chi connectivity index (χ0n) is 8.74. The number of halogens is 2. The van der Waals surface area contributed by atoms with Crippen LogP contribution < -0.4 is 10.2 Å². The molecule has 0 heterocycles. The van der Waals surface area contributed by atoms with Crippen LogP contribution in [0, 0.1) is 0 Å². The molecule has 17 heavy (non-hydrogen) atoms. The first-order valence-corrected chi connectivity index (χ1v) is 5.18. The number of carbonyl (C=O) groups excluding carboxylic acids is 2. The second-order valence-electron chi connectivity index (χ2n) is 2.82. The van der Waals surface area contributed by atoms with Crippen LogP contribution in [-0.2, 0) is 9.59 Å². The van der Waals surface area contributed by atoms with Crippen molar-refractivity contribution in [2.24, 2.45) is 5.10 Å². The van der Waals surface area contributed by atoms with Gasteiger partial charge in [-0.2, -0.15) is 5.10 Å². The van der Waals surface area contributed by atoms with Crippen LogP contribution in [0.4, 0.5) is 5.69 Å². The largest absolute Gasteiger partial charge is 0.495 e. The number of anilines is 1. The second kappa shape index (κ2) is 6.22. The molecule has 1 aromatic carbocycles. The summed E-state index contributed by atoms with van der Waals surface area (Å²) in [4.78, 5) is 21.6. The lowest BCUT2D eigenvalue weighted by molar-refractivity contribution is -0.109. The van der Waals surface area contributed by atoms with Gasteiger partial charge in [-0.25, -0.2) is 0 Å². The van der Waals surface area contributed by atoms with E-state index in [-0.39, 0.29) is 0 Å². The fourth-order valence-corrected chi connectivity index (χ4v) is 1.32. The number of hydrogen-bond acceptors (Lipinski definition) is 5. The van der Waals surface area contributed by atoms with Crippen LogP contribution in [-0.4, -0.2) is 23.3 Å². The second-order valence-corrected chi connectivity index (χ2v) is 3.51. The van der Waals surface area contributed by atoms with Crippen molar-refractivity contribution in [3.05, 3.63) is 24.3 Å². The number of para-hydroxylation sites is 2. The van der Waals surface area contributed by atoms with Crippen LogP contribution in [0.1, 0.15) is 0 Å². The van der Waals surface area contributed by atoms with Gasteiger partial charge in [0.25, 0.3) is 10.5 Å². The van der Waals surface area contributed by atoms with Gasteiger partial charge in [0.05, 0.1) is 12.8 Å². The SMILES string of the molecule is COc1ccccc1NN=C(C(=O)Cl)C(=O)Cl. The van der Waals surface area contributed by atoms with Gasteiger partial charge in [-0.3, -0.25) is 15.0 Å². The van der Waals surface area contributed by atoms with Crippen LogP contribution in [0.2, 0.25) is 0 Å². The summed E-state index contributed by atoms with van der Waals surface area (Å²) < 4.78 is 5.03. The Labute approximate surface area is 107 Å². The van der Waals surface area contributed by atoms with Gasteiger partial charge < -0.3 is 4.74 Å². The van der Waals surface area contributed by atoms with Crippen LogP contribution in [0.25, 0.3) is 0 Å². The standard InChI is InChI=1S/C10H8Cl2N2O3/c1-17-7-5-3-2-4-6(7)13-14-8(9(11)15)10(12)16/h2-5,13H,1H3. The summed E-state index contributed by atoms with van der Waals surface area (Å²) in [5.74, 6) is 0.500. The highest BCUT2D eigenvalue weighted by Gasteiger charge is 2.16. The topological polar surface area (TPSA) is 67.8 Å². The van der Waals surface area contributed by atoms with E-state index < -0.39 is 16.2 Å². The number of hydrazone groups is 1. The summed E-state index contributed by atoms with van der Waals surface area (Å²) in [6, 6.07) is 6.82. The molecule has 0 aromatic heterocycles. The van der Waals surface area contributed by atoms with Gasteiger partial charge in [0.15, 0.2) is 0 Å². The van der Waals surface area contributed by atoms with Crippen LogP contribution >= 0.6 is 23.2 Å². The smallest absolute Gasteiger partial charge is 0.277 e. The van der Waals surface area contributed by atoms with Crippen LogP contribution in [0.5, 0.6) is 5.75 Å². The van der Waals surface area contributed by atoms with Gasteiger partial charge in [-0.05, 0) is 35.3 Å². The Morgan fingerprint density at radius 1 is 1.24 bits per heavy atom. The van der Waals surface area contributed by atoms with Crippen molar-refractivity contribution >= 4 is 45.1 Å². The Kier molecular flexibility index (Phi) is 4.93. The van der Waals surface area contributed by atoms with E-state index in [4.69, 9.17) is 27.9 Å². The summed E-state index contributed by atoms with van der Waals surface area (Å²) in [6.45, 7) is 0. The highest BCUT2D eigenvalue weighted by Crippen LogP contribution is 2.22. The minimum atomic E-state index is -1.03. The van der Waals surface area contributed by atoms with E-state index in [1.165, 1.54) is 7.11 Å². The molecule has 0 unspecified atom stereocenters. The van der Waals surface area contributed by atoms with Crippen LogP contribution in [0.3, 0.4) is 0 Å². The molecule has 0 bridgehead atoms. The Balaban J connectivity index is 2.94. The molecule has 90 valence electrons. The third kappa shape index (κ3) is 3.72. The van der Waals surface area contributed by atoms with Gasteiger partial charge in [0.1, 0.15) is 5.75 Å². The molecule has 0 fully saturated rings. The molecule has 0 saturated heterocycles. The van der Waals surface area contributed by atoms with Crippen LogP contribution in [0.15, 0.2) is 29.4 Å². The normalized spacial score (nSPS) is 9.35. The third-order valence-electron chi connectivity index (χ3n) is 1.77. The first-order chi connectivity index (χ1) is 8.06. The van der Waals surface area contributed by atoms with Crippen molar-refractivity contribution in [1.82, 2.24) is 0 Å². The van der Waals surface area contributed by atoms with E-state index in [1.807, 2.05) is 0 Å². The van der Waals surface area contributed by atoms with Crippen molar-refractivity contribution in [2.75, 3.05) is 12.5 Å². The summed E-state index contributed by atoms with van der Waals surface area (Å²) in [5, 5.41) is 1.46. The summed E-state index contributed by atoms with van der Waals surface area (Å²) in [7, 11) is 1.48. The van der Waals surface area contributed by atoms with Gasteiger partial charge in [-0.15, -0.1) is 0 Å². The lowest BCUT2D eigenvalue weighted by atomic mass is 10.3. The highest BCUT2D eigenvalue weighted by atomic mass is 35.5. The number of nitrogens with zero attached hydrogens (tertiary/aromatic N) is 1. The third-order valence-corrected chi connectivity index (χ3v) is 2.13. The van der Waals surface area contributed by atoms with E-state index in [0.717, 1.165) is 0 Å². The van der Waals surface area contributed by atoms with E-state index in [2.05, 4.69) is 10.5 Å². The predicted octanol–water partition coefficient (Wildman–Crippen LogP) is 1.99. The maximum absolute atomic E-state index is 10.8. The number of carbonyl (C=O) groups is 2. The number of benzene rings is 1. The fraction of sp³-hybridized carbons (Fsp3) is 0.100. The van der Waals surface area contributed by atoms with Crippen molar-refractivity contribution in [3.8, 4) is 5.75 Å². The van der Waals surface area contributed by atoms with E-state index >= 15 is 0 Å². The molecule has 0 aliphatic rings. The molecule has 0 amide bonds. The Morgan fingerprint density at radius 3 is 2.35 bits per heavy atom. The monoisotopic (exact) mass is 274 g/mol. The van der Waals surface area contributed by atoms with Gasteiger partial charge in [-0.1, -0.05) is 12.1 Å². The molecular weight excluding hydrogens is 267 g/mol. The van der Waals surface area contributed by atoms with Gasteiger partial charge in [0.2, 0.25) is 5.71 Å². The minimum absolute atomic E-state index is 0.475. The summed E-state index contributed by atoms with van der Waals surface area (Å²) >= 11 is 10.3. The number of methoxy groups -OCH3 is 1. The molecular formula is C10H8Cl2N2O3. The maximum Gasteiger partial charge on any atom is 0.277 e. The minimum Gasteiger partial charge on any atom is -0.495 e. The molecule has 1 aromatic rings. The molecule has 0 aliphatic heterocycles. The predicted molar refractivity (Wildman–Crippen MR) is 65.8 cm³/mol. The summed E-state index contributed by atoms with van der Waals surface area (Å²) in [6.07, 6.45) is 0. The molecule has 5 nitrogen and oxygen atoms in total. The van der Waals surface area contributed by atoms with Crippen molar-refractivity contribution in [1.29, 1.82) is 0 Å². The Bertz CT molecular complexity index is 458. The average molecular weight is 275 g/mol. The lowest BCUT2D eigenvalue weighted by Gasteiger charge is -2.06. The van der Waals surface area contributed by atoms with E-state index in [9.17, 15) is 9.59 Å². The molecule has 1 N–H and O–H groups in total. The molecule has 0 aliphatic carbocycles. The van der Waals surface area contributed by atoms with Gasteiger partial charge >= 0.3 is 0 Å². The molecule has 0 spiro atoms. The zero-order valence-corrected chi connectivity index (χ0v) is 10.2.